The Balaban J connectivity index is 2.38. The Morgan fingerprint density at radius 1 is 1.73 bits per heavy atom. The van der Waals surface area contributed by atoms with Crippen LogP contribution < -0.4 is 0 Å². The Hall–Kier alpha value is -1.18. The molecule has 0 radical (unpaired) electrons. The van der Waals surface area contributed by atoms with Crippen LogP contribution in [0.4, 0.5) is 0 Å². The van der Waals surface area contributed by atoms with E-state index in [1.165, 1.54) is 12.0 Å². The molecule has 2 heteroatoms. The van der Waals surface area contributed by atoms with Crippen LogP contribution >= 0.6 is 0 Å². The normalized spacial score (nSPS) is 9.55. The van der Waals surface area contributed by atoms with Gasteiger partial charge in [0.25, 0.3) is 0 Å². The summed E-state index contributed by atoms with van der Waals surface area (Å²) in [5, 5.41) is 0. The van der Waals surface area contributed by atoms with Gasteiger partial charge in [-0.15, -0.1) is 0 Å². The van der Waals surface area contributed by atoms with Gasteiger partial charge in [0, 0.05) is 11.9 Å². The fourth-order valence-corrected chi connectivity index (χ4v) is 0.985. The summed E-state index contributed by atoms with van der Waals surface area (Å²) in [7, 11) is 0. The van der Waals surface area contributed by atoms with E-state index in [4.69, 9.17) is 4.74 Å². The molecule has 1 aromatic heterocycles. The van der Waals surface area contributed by atoms with Crippen LogP contribution in [0.2, 0.25) is 0 Å². The number of hydrogen-bond donors (Lipinski definition) is 0. The first-order valence-electron chi connectivity index (χ1n) is 3.69. The molecule has 0 aliphatic carbocycles. The van der Waals surface area contributed by atoms with Crippen molar-refractivity contribution in [3.63, 3.8) is 0 Å². The number of ether oxygens (including phenoxy) is 1. The van der Waals surface area contributed by atoms with Gasteiger partial charge < -0.3 is 9.30 Å². The van der Waals surface area contributed by atoms with Gasteiger partial charge in [0.2, 0.25) is 0 Å². The first-order chi connectivity index (χ1) is 5.34. The topological polar surface area (TPSA) is 14.2 Å². The smallest absolute Gasteiger partial charge is 0.105 e. The van der Waals surface area contributed by atoms with E-state index >= 15 is 0 Å². The van der Waals surface area contributed by atoms with Crippen molar-refractivity contribution >= 4 is 0 Å². The van der Waals surface area contributed by atoms with Crippen molar-refractivity contribution in [1.29, 1.82) is 0 Å². The number of aryl methyl sites for hydroxylation is 1. The van der Waals surface area contributed by atoms with Crippen LogP contribution in [0, 0.1) is 6.92 Å². The Bertz CT molecular complexity index is 227. The molecular weight excluding hydrogens is 138 g/mol. The molecule has 0 aliphatic heterocycles. The standard InChI is InChI=1S/C9H13NO/c1-3-11-8-7-10-6-4-5-9(10)2/h3-6H,1,7-8H2,2H3. The molecule has 60 valence electrons. The lowest BCUT2D eigenvalue weighted by Gasteiger charge is -2.04. The predicted molar refractivity (Wildman–Crippen MR) is 45.3 cm³/mol. The molecule has 0 saturated carbocycles. The summed E-state index contributed by atoms with van der Waals surface area (Å²) >= 11 is 0. The largest absolute Gasteiger partial charge is 0.500 e. The first kappa shape index (κ1) is 7.92. The highest BCUT2D eigenvalue weighted by molar-refractivity contribution is 5.04. The highest BCUT2D eigenvalue weighted by atomic mass is 16.5. The number of aromatic nitrogens is 1. The maximum absolute atomic E-state index is 5.00. The fraction of sp³-hybridized carbons (Fsp3) is 0.333. The third-order valence-corrected chi connectivity index (χ3v) is 1.62. The molecule has 11 heavy (non-hydrogen) atoms. The molecule has 0 atom stereocenters. The van der Waals surface area contributed by atoms with E-state index in [1.54, 1.807) is 0 Å². The highest BCUT2D eigenvalue weighted by Gasteiger charge is 1.92. The molecular formula is C9H13NO. The molecule has 0 unspecified atom stereocenters. The maximum Gasteiger partial charge on any atom is 0.105 e. The Labute approximate surface area is 67.1 Å². The minimum atomic E-state index is 0.693. The number of nitrogens with zero attached hydrogens (tertiary/aromatic N) is 1. The second-order valence-electron chi connectivity index (χ2n) is 2.38. The average molecular weight is 151 g/mol. The van der Waals surface area contributed by atoms with Crippen molar-refractivity contribution in [2.24, 2.45) is 0 Å². The molecule has 0 amide bonds. The monoisotopic (exact) mass is 151 g/mol. The van der Waals surface area contributed by atoms with Gasteiger partial charge in [-0.3, -0.25) is 0 Å². The van der Waals surface area contributed by atoms with Gasteiger partial charge in [0.15, 0.2) is 0 Å². The molecule has 0 spiro atoms. The van der Waals surface area contributed by atoms with Crippen LogP contribution in [0.5, 0.6) is 0 Å². The van der Waals surface area contributed by atoms with E-state index in [9.17, 15) is 0 Å². The summed E-state index contributed by atoms with van der Waals surface area (Å²) in [5.74, 6) is 0. The lowest BCUT2D eigenvalue weighted by atomic mass is 10.5. The Morgan fingerprint density at radius 2 is 2.55 bits per heavy atom. The van der Waals surface area contributed by atoms with Crippen molar-refractivity contribution in [1.82, 2.24) is 4.57 Å². The van der Waals surface area contributed by atoms with E-state index < -0.39 is 0 Å². The fourth-order valence-electron chi connectivity index (χ4n) is 0.985. The molecule has 0 aromatic carbocycles. The van der Waals surface area contributed by atoms with E-state index in [0.717, 1.165) is 6.54 Å². The third-order valence-electron chi connectivity index (χ3n) is 1.62. The van der Waals surface area contributed by atoms with Crippen molar-refractivity contribution in [2.75, 3.05) is 6.61 Å². The average Bonchev–Trinajstić information content (AvgIpc) is 2.37. The molecule has 2 nitrogen and oxygen atoms in total. The summed E-state index contributed by atoms with van der Waals surface area (Å²) in [4.78, 5) is 0. The van der Waals surface area contributed by atoms with Crippen LogP contribution in [0.25, 0.3) is 0 Å². The van der Waals surface area contributed by atoms with Gasteiger partial charge in [-0.2, -0.15) is 0 Å². The minimum Gasteiger partial charge on any atom is -0.500 e. The van der Waals surface area contributed by atoms with Crippen molar-refractivity contribution in [2.45, 2.75) is 13.5 Å². The first-order valence-corrected chi connectivity index (χ1v) is 3.69. The van der Waals surface area contributed by atoms with E-state index in [2.05, 4.69) is 24.1 Å². The summed E-state index contributed by atoms with van der Waals surface area (Å²) in [6.45, 7) is 7.13. The lowest BCUT2D eigenvalue weighted by molar-refractivity contribution is 0.235. The maximum atomic E-state index is 5.00. The quantitative estimate of drug-likeness (QED) is 0.474. The molecule has 1 heterocycles. The van der Waals surface area contributed by atoms with E-state index in [-0.39, 0.29) is 0 Å². The highest BCUT2D eigenvalue weighted by Crippen LogP contribution is 1.98. The van der Waals surface area contributed by atoms with Gasteiger partial charge in [-0.1, -0.05) is 6.58 Å². The second-order valence-corrected chi connectivity index (χ2v) is 2.38. The van der Waals surface area contributed by atoms with Crippen LogP contribution in [0.1, 0.15) is 5.69 Å². The van der Waals surface area contributed by atoms with Gasteiger partial charge in [0.05, 0.1) is 12.8 Å². The summed E-state index contributed by atoms with van der Waals surface area (Å²) in [5.41, 5.74) is 1.26. The van der Waals surface area contributed by atoms with Gasteiger partial charge in [0.1, 0.15) is 6.61 Å². The predicted octanol–water partition coefficient (Wildman–Crippen LogP) is 1.96. The zero-order valence-electron chi connectivity index (χ0n) is 6.79. The van der Waals surface area contributed by atoms with Crippen molar-refractivity contribution in [3.05, 3.63) is 36.9 Å². The summed E-state index contributed by atoms with van der Waals surface area (Å²) in [6, 6.07) is 4.11. The molecule has 1 rings (SSSR count). The van der Waals surface area contributed by atoms with Crippen LogP contribution in [0.15, 0.2) is 31.2 Å². The molecule has 0 fully saturated rings. The molecule has 0 bridgehead atoms. The van der Waals surface area contributed by atoms with Crippen LogP contribution in [-0.4, -0.2) is 11.2 Å². The van der Waals surface area contributed by atoms with Crippen molar-refractivity contribution in [3.8, 4) is 0 Å². The molecule has 1 aromatic rings. The van der Waals surface area contributed by atoms with E-state index in [1.807, 2.05) is 12.3 Å². The van der Waals surface area contributed by atoms with Gasteiger partial charge >= 0.3 is 0 Å². The SMILES string of the molecule is C=COCCn1cccc1C. The van der Waals surface area contributed by atoms with Gasteiger partial charge in [-0.05, 0) is 19.1 Å². The third kappa shape index (κ3) is 2.15. The van der Waals surface area contributed by atoms with Crippen molar-refractivity contribution < 1.29 is 4.74 Å². The second kappa shape index (κ2) is 3.86. The van der Waals surface area contributed by atoms with Crippen LogP contribution in [0.3, 0.4) is 0 Å². The molecule has 0 aliphatic rings. The van der Waals surface area contributed by atoms with E-state index in [0.29, 0.717) is 6.61 Å². The minimum absolute atomic E-state index is 0.693. The number of rotatable bonds is 4. The zero-order chi connectivity index (χ0) is 8.10. The summed E-state index contributed by atoms with van der Waals surface area (Å²) in [6.07, 6.45) is 3.51. The molecule has 0 saturated heterocycles. The van der Waals surface area contributed by atoms with Crippen LogP contribution in [-0.2, 0) is 11.3 Å². The Morgan fingerprint density at radius 3 is 3.09 bits per heavy atom. The lowest BCUT2D eigenvalue weighted by Crippen LogP contribution is -2.03. The number of hydrogen-bond acceptors (Lipinski definition) is 1. The zero-order valence-corrected chi connectivity index (χ0v) is 6.79. The Kier molecular flexibility index (Phi) is 2.78. The summed E-state index contributed by atoms with van der Waals surface area (Å²) < 4.78 is 7.15. The molecule has 0 N–H and O–H groups in total. The van der Waals surface area contributed by atoms with Gasteiger partial charge in [-0.25, -0.2) is 0 Å².